The second kappa shape index (κ2) is 9.01. The van der Waals surface area contributed by atoms with Gasteiger partial charge in [-0.2, -0.15) is 0 Å². The molecule has 0 saturated heterocycles. The SMILES string of the molecule is C=C.CC(Cl)Cl. The Kier molecular flexibility index (Phi) is 14.4. The van der Waals surface area contributed by atoms with E-state index in [-0.39, 0.29) is 4.84 Å². The first kappa shape index (κ1) is 9.58. The molecule has 0 amide bonds. The second-order valence-electron chi connectivity index (χ2n) is 0.519. The van der Waals surface area contributed by atoms with Gasteiger partial charge in [-0.1, -0.05) is 0 Å². The maximum Gasteiger partial charge on any atom is 0.105 e. The highest BCUT2D eigenvalue weighted by atomic mass is 35.5. The van der Waals surface area contributed by atoms with Crippen LogP contribution in [0.25, 0.3) is 0 Å². The lowest BCUT2D eigenvalue weighted by Crippen LogP contribution is -1.63. The van der Waals surface area contributed by atoms with Crippen molar-refractivity contribution in [3.63, 3.8) is 0 Å². The normalized spacial score (nSPS) is 6.67. The molecule has 0 rings (SSSR count). The molecule has 0 atom stereocenters. The first-order valence-corrected chi connectivity index (χ1v) is 2.39. The number of alkyl halides is 2. The van der Waals surface area contributed by atoms with Crippen LogP contribution in [0, 0.1) is 0 Å². The van der Waals surface area contributed by atoms with Crippen LogP contribution in [-0.4, -0.2) is 4.84 Å². The largest absolute Gasteiger partial charge is 0.106 e. The van der Waals surface area contributed by atoms with E-state index in [0.29, 0.717) is 0 Å². The molecule has 6 heavy (non-hydrogen) atoms. The van der Waals surface area contributed by atoms with Crippen LogP contribution in [0.5, 0.6) is 0 Å². The third-order valence-corrected chi connectivity index (χ3v) is 0. The zero-order chi connectivity index (χ0) is 5.58. The number of rotatable bonds is 0. The molecular formula is C4H8Cl2. The first-order chi connectivity index (χ1) is 2.73. The fourth-order valence-corrected chi connectivity index (χ4v) is 0. The van der Waals surface area contributed by atoms with Gasteiger partial charge in [0.2, 0.25) is 0 Å². The molecule has 0 aliphatic carbocycles. The minimum atomic E-state index is -0.222. The van der Waals surface area contributed by atoms with Crippen LogP contribution in [0.15, 0.2) is 13.2 Å². The lowest BCUT2D eigenvalue weighted by Gasteiger charge is -1.72. The molecule has 0 spiro atoms. The van der Waals surface area contributed by atoms with Crippen LogP contribution in [0.4, 0.5) is 0 Å². The summed E-state index contributed by atoms with van der Waals surface area (Å²) in [6.45, 7) is 7.70. The highest BCUT2D eigenvalue weighted by Gasteiger charge is 1.75. The minimum Gasteiger partial charge on any atom is -0.106 e. The number of halogens is 2. The summed E-state index contributed by atoms with van der Waals surface area (Å²) in [6, 6.07) is 0. The van der Waals surface area contributed by atoms with E-state index in [9.17, 15) is 0 Å². The highest BCUT2D eigenvalue weighted by Crippen LogP contribution is 1.95. The Morgan fingerprint density at radius 2 is 1.33 bits per heavy atom. The summed E-state index contributed by atoms with van der Waals surface area (Å²) >= 11 is 10.1. The van der Waals surface area contributed by atoms with Gasteiger partial charge in [0, 0.05) is 0 Å². The maximum atomic E-state index is 5.04. The van der Waals surface area contributed by atoms with Gasteiger partial charge in [0.25, 0.3) is 0 Å². The molecule has 0 nitrogen and oxygen atoms in total. The van der Waals surface area contributed by atoms with Crippen LogP contribution in [0.2, 0.25) is 0 Å². The summed E-state index contributed by atoms with van der Waals surface area (Å²) in [5, 5.41) is 0. The maximum absolute atomic E-state index is 5.04. The van der Waals surface area contributed by atoms with E-state index in [4.69, 9.17) is 23.2 Å². The molecule has 38 valence electrons. The van der Waals surface area contributed by atoms with Gasteiger partial charge in [-0.3, -0.25) is 0 Å². The Morgan fingerprint density at radius 3 is 1.33 bits per heavy atom. The quantitative estimate of drug-likeness (QED) is 0.346. The third kappa shape index (κ3) is 465. The molecule has 0 radical (unpaired) electrons. The number of hydrogen-bond acceptors (Lipinski definition) is 0. The molecule has 0 aromatic rings. The summed E-state index contributed by atoms with van der Waals surface area (Å²) in [5.74, 6) is 0. The molecular weight excluding hydrogens is 119 g/mol. The van der Waals surface area contributed by atoms with Crippen molar-refractivity contribution >= 4 is 23.2 Å². The molecule has 0 saturated carbocycles. The third-order valence-electron chi connectivity index (χ3n) is 0. The Balaban J connectivity index is 0. The summed E-state index contributed by atoms with van der Waals surface area (Å²) in [6.07, 6.45) is 0. The Hall–Kier alpha value is 0.320. The number of hydrogen-bond donors (Lipinski definition) is 0. The van der Waals surface area contributed by atoms with Crippen molar-refractivity contribution < 1.29 is 0 Å². The zero-order valence-corrected chi connectivity index (χ0v) is 5.26. The van der Waals surface area contributed by atoms with E-state index in [1.54, 1.807) is 6.92 Å². The van der Waals surface area contributed by atoms with Crippen LogP contribution >= 0.6 is 23.2 Å². The van der Waals surface area contributed by atoms with E-state index in [0.717, 1.165) is 0 Å². The predicted octanol–water partition coefficient (Wildman–Crippen LogP) is 2.61. The van der Waals surface area contributed by atoms with Crippen LogP contribution < -0.4 is 0 Å². The van der Waals surface area contributed by atoms with Crippen molar-refractivity contribution in [2.45, 2.75) is 11.8 Å². The van der Waals surface area contributed by atoms with E-state index < -0.39 is 0 Å². The summed E-state index contributed by atoms with van der Waals surface area (Å²) in [5.41, 5.74) is 0. The van der Waals surface area contributed by atoms with E-state index in [1.807, 2.05) is 0 Å². The molecule has 0 aromatic heterocycles. The van der Waals surface area contributed by atoms with Crippen LogP contribution in [0.1, 0.15) is 6.92 Å². The Morgan fingerprint density at radius 1 is 1.33 bits per heavy atom. The average Bonchev–Trinajstić information content (AvgIpc) is 1.41. The molecule has 2 heteroatoms. The van der Waals surface area contributed by atoms with E-state index in [1.165, 1.54) is 0 Å². The summed E-state index contributed by atoms with van der Waals surface area (Å²) in [4.78, 5) is -0.222. The zero-order valence-electron chi connectivity index (χ0n) is 3.75. The Bertz CT molecular complexity index is 16.8. The standard InChI is InChI=1S/C2H4Cl2.C2H4/c1-2(3)4;1-2/h2H,1H3;1-2H2. The minimum absolute atomic E-state index is 0.222. The monoisotopic (exact) mass is 126 g/mol. The second-order valence-corrected chi connectivity index (χ2v) is 2.05. The lowest BCUT2D eigenvalue weighted by atomic mass is 11.0. The van der Waals surface area contributed by atoms with Gasteiger partial charge in [-0.25, -0.2) is 0 Å². The fraction of sp³-hybridized carbons (Fsp3) is 0.500. The summed E-state index contributed by atoms with van der Waals surface area (Å²) < 4.78 is 0. The van der Waals surface area contributed by atoms with Crippen molar-refractivity contribution in [1.82, 2.24) is 0 Å². The molecule has 0 bridgehead atoms. The molecule has 0 unspecified atom stereocenters. The van der Waals surface area contributed by atoms with Gasteiger partial charge in [0.05, 0.1) is 0 Å². The molecule has 0 fully saturated rings. The average molecular weight is 127 g/mol. The lowest BCUT2D eigenvalue weighted by molar-refractivity contribution is 1.39. The van der Waals surface area contributed by atoms with Gasteiger partial charge < -0.3 is 0 Å². The van der Waals surface area contributed by atoms with Gasteiger partial charge >= 0.3 is 0 Å². The fourth-order valence-electron chi connectivity index (χ4n) is 0. The molecule has 0 aliphatic heterocycles. The molecule has 0 aromatic carbocycles. The van der Waals surface area contributed by atoms with Crippen molar-refractivity contribution in [3.8, 4) is 0 Å². The smallest absolute Gasteiger partial charge is 0.105 e. The molecule has 0 aliphatic rings. The van der Waals surface area contributed by atoms with Crippen molar-refractivity contribution in [2.75, 3.05) is 0 Å². The first-order valence-electron chi connectivity index (χ1n) is 1.51. The topological polar surface area (TPSA) is 0 Å². The summed E-state index contributed by atoms with van der Waals surface area (Å²) in [7, 11) is 0. The Labute approximate surface area is 48.8 Å². The highest BCUT2D eigenvalue weighted by molar-refractivity contribution is 6.43. The molecule has 0 N–H and O–H groups in total. The van der Waals surface area contributed by atoms with Crippen molar-refractivity contribution in [2.24, 2.45) is 0 Å². The van der Waals surface area contributed by atoms with Gasteiger partial charge in [0.15, 0.2) is 0 Å². The van der Waals surface area contributed by atoms with Crippen molar-refractivity contribution in [3.05, 3.63) is 13.2 Å². The van der Waals surface area contributed by atoms with Crippen LogP contribution in [0.3, 0.4) is 0 Å². The predicted molar refractivity (Wildman–Crippen MR) is 32.4 cm³/mol. The molecule has 0 heterocycles. The van der Waals surface area contributed by atoms with Gasteiger partial charge in [0.1, 0.15) is 4.84 Å². The van der Waals surface area contributed by atoms with E-state index >= 15 is 0 Å². The van der Waals surface area contributed by atoms with Crippen LogP contribution in [-0.2, 0) is 0 Å². The van der Waals surface area contributed by atoms with Gasteiger partial charge in [-0.15, -0.1) is 36.4 Å². The van der Waals surface area contributed by atoms with E-state index in [2.05, 4.69) is 13.2 Å². The van der Waals surface area contributed by atoms with Crippen molar-refractivity contribution in [1.29, 1.82) is 0 Å². The van der Waals surface area contributed by atoms with Gasteiger partial charge in [-0.05, 0) is 6.92 Å².